The predicted molar refractivity (Wildman–Crippen MR) is 74.2 cm³/mol. The smallest absolute Gasteiger partial charge is 0.113 e. The van der Waals surface area contributed by atoms with Crippen molar-refractivity contribution in [3.05, 3.63) is 16.1 Å². The van der Waals surface area contributed by atoms with Crippen LogP contribution in [0.4, 0.5) is 0 Å². The summed E-state index contributed by atoms with van der Waals surface area (Å²) in [7, 11) is 0. The molecule has 1 aliphatic carbocycles. The first-order valence-electron chi connectivity index (χ1n) is 6.68. The van der Waals surface area contributed by atoms with Gasteiger partial charge in [-0.25, -0.2) is 4.98 Å². The lowest BCUT2D eigenvalue weighted by molar-refractivity contribution is 0.164. The van der Waals surface area contributed by atoms with Crippen LogP contribution in [0.3, 0.4) is 0 Å². The van der Waals surface area contributed by atoms with E-state index in [4.69, 9.17) is 10.7 Å². The molecule has 0 aliphatic heterocycles. The van der Waals surface area contributed by atoms with Gasteiger partial charge in [-0.05, 0) is 37.0 Å². The first-order chi connectivity index (χ1) is 7.93. The molecule has 1 fully saturated rings. The summed E-state index contributed by atoms with van der Waals surface area (Å²) in [5, 5.41) is 3.33. The number of thiazole rings is 1. The molecule has 0 amide bonds. The van der Waals surface area contributed by atoms with Crippen molar-refractivity contribution < 1.29 is 0 Å². The van der Waals surface area contributed by atoms with Crippen molar-refractivity contribution in [2.24, 2.45) is 17.6 Å². The first kappa shape index (κ1) is 13.0. The molecule has 3 heteroatoms. The van der Waals surface area contributed by atoms with Gasteiger partial charge in [-0.1, -0.05) is 27.7 Å². The van der Waals surface area contributed by atoms with Crippen molar-refractivity contribution in [3.8, 4) is 0 Å². The molecule has 0 spiro atoms. The highest BCUT2D eigenvalue weighted by molar-refractivity contribution is 7.09. The van der Waals surface area contributed by atoms with E-state index in [-0.39, 0.29) is 5.54 Å². The van der Waals surface area contributed by atoms with E-state index in [2.05, 4.69) is 33.1 Å². The predicted octanol–water partition coefficient (Wildman–Crippen LogP) is 3.88. The Morgan fingerprint density at radius 3 is 2.71 bits per heavy atom. The highest BCUT2D eigenvalue weighted by atomic mass is 32.1. The van der Waals surface area contributed by atoms with Gasteiger partial charge in [-0.3, -0.25) is 0 Å². The minimum atomic E-state index is -0.176. The molecule has 2 N–H and O–H groups in total. The van der Waals surface area contributed by atoms with Crippen LogP contribution in [-0.2, 0) is 5.54 Å². The molecule has 1 aromatic heterocycles. The summed E-state index contributed by atoms with van der Waals surface area (Å²) in [5.41, 5.74) is 7.67. The van der Waals surface area contributed by atoms with Crippen LogP contribution in [0.15, 0.2) is 5.38 Å². The molecule has 3 atom stereocenters. The van der Waals surface area contributed by atoms with Crippen molar-refractivity contribution in [2.45, 2.75) is 58.4 Å². The Balaban J connectivity index is 2.24. The van der Waals surface area contributed by atoms with E-state index in [0.717, 1.165) is 17.3 Å². The fourth-order valence-corrected chi connectivity index (χ4v) is 3.98. The van der Waals surface area contributed by atoms with Crippen LogP contribution in [0.1, 0.15) is 63.6 Å². The van der Waals surface area contributed by atoms with Crippen LogP contribution in [0.25, 0.3) is 0 Å². The maximum atomic E-state index is 6.65. The van der Waals surface area contributed by atoms with Gasteiger partial charge in [0.25, 0.3) is 0 Å². The molecule has 1 aliphatic rings. The zero-order chi connectivity index (χ0) is 12.6. The lowest BCUT2D eigenvalue weighted by Crippen LogP contribution is -2.46. The highest BCUT2D eigenvalue weighted by Gasteiger charge is 2.40. The molecule has 1 heterocycles. The van der Waals surface area contributed by atoms with Crippen LogP contribution in [0, 0.1) is 11.8 Å². The van der Waals surface area contributed by atoms with Gasteiger partial charge in [0.2, 0.25) is 0 Å². The minimum Gasteiger partial charge on any atom is -0.319 e. The summed E-state index contributed by atoms with van der Waals surface area (Å²) in [6.45, 7) is 8.99. The Labute approximate surface area is 109 Å². The lowest BCUT2D eigenvalue weighted by atomic mass is 9.71. The molecule has 0 radical (unpaired) electrons. The summed E-state index contributed by atoms with van der Waals surface area (Å²) < 4.78 is 0. The summed E-state index contributed by atoms with van der Waals surface area (Å²) in [6, 6.07) is 0. The topological polar surface area (TPSA) is 38.9 Å². The van der Waals surface area contributed by atoms with Gasteiger partial charge in [0, 0.05) is 5.38 Å². The molecule has 2 rings (SSSR count). The molecule has 0 bridgehead atoms. The van der Waals surface area contributed by atoms with Crippen LogP contribution in [0.2, 0.25) is 0 Å². The maximum Gasteiger partial charge on any atom is 0.113 e. The third-order valence-corrected chi connectivity index (χ3v) is 5.25. The lowest BCUT2D eigenvalue weighted by Gasteiger charge is -2.40. The molecule has 1 saturated carbocycles. The third-order valence-electron chi connectivity index (χ3n) is 4.20. The molecular weight excluding hydrogens is 228 g/mol. The first-order valence-corrected chi connectivity index (χ1v) is 7.56. The number of nitrogens with two attached hydrogens (primary N) is 1. The molecular formula is C14H24N2S. The Morgan fingerprint density at radius 1 is 1.47 bits per heavy atom. The quantitative estimate of drug-likeness (QED) is 0.867. The summed E-state index contributed by atoms with van der Waals surface area (Å²) in [4.78, 5) is 4.77. The summed E-state index contributed by atoms with van der Waals surface area (Å²) >= 11 is 1.75. The number of hydrogen-bond acceptors (Lipinski definition) is 3. The molecule has 17 heavy (non-hydrogen) atoms. The minimum absolute atomic E-state index is 0.176. The molecule has 96 valence electrons. The van der Waals surface area contributed by atoms with Crippen LogP contribution < -0.4 is 5.73 Å². The van der Waals surface area contributed by atoms with E-state index in [1.165, 1.54) is 18.5 Å². The van der Waals surface area contributed by atoms with Crippen molar-refractivity contribution in [1.29, 1.82) is 0 Å². The molecule has 3 unspecified atom stereocenters. The van der Waals surface area contributed by atoms with Gasteiger partial charge in [-0.2, -0.15) is 0 Å². The number of nitrogens with zero attached hydrogens (tertiary/aromatic N) is 1. The van der Waals surface area contributed by atoms with Gasteiger partial charge in [0.05, 0.1) is 11.2 Å². The Hall–Kier alpha value is -0.410. The van der Waals surface area contributed by atoms with Gasteiger partial charge in [0.1, 0.15) is 5.01 Å². The van der Waals surface area contributed by atoms with E-state index in [9.17, 15) is 0 Å². The van der Waals surface area contributed by atoms with Crippen LogP contribution >= 0.6 is 11.3 Å². The number of aromatic nitrogens is 1. The van der Waals surface area contributed by atoms with Crippen molar-refractivity contribution in [1.82, 2.24) is 4.98 Å². The van der Waals surface area contributed by atoms with Crippen molar-refractivity contribution in [2.75, 3.05) is 0 Å². The second kappa shape index (κ2) is 4.69. The van der Waals surface area contributed by atoms with Crippen LogP contribution in [-0.4, -0.2) is 4.98 Å². The van der Waals surface area contributed by atoms with Gasteiger partial charge >= 0.3 is 0 Å². The second-order valence-corrected chi connectivity index (χ2v) is 6.91. The number of rotatable bonds is 2. The molecule has 0 aromatic carbocycles. The Bertz CT molecular complexity index is 385. The third kappa shape index (κ3) is 2.41. The average molecular weight is 252 g/mol. The molecule has 2 nitrogen and oxygen atoms in total. The standard InChI is InChI=1S/C14H24N2S/c1-9(2)12-8-17-13(16-12)14(15)6-5-10(3)7-11(14)4/h8-11H,5-7,15H2,1-4H3. The van der Waals surface area contributed by atoms with E-state index in [1.54, 1.807) is 11.3 Å². The van der Waals surface area contributed by atoms with E-state index in [0.29, 0.717) is 11.8 Å². The largest absolute Gasteiger partial charge is 0.319 e. The maximum absolute atomic E-state index is 6.65. The van der Waals surface area contributed by atoms with E-state index in [1.807, 2.05) is 0 Å². The van der Waals surface area contributed by atoms with Crippen molar-refractivity contribution >= 4 is 11.3 Å². The van der Waals surface area contributed by atoms with Gasteiger partial charge in [-0.15, -0.1) is 11.3 Å². The Morgan fingerprint density at radius 2 is 2.18 bits per heavy atom. The van der Waals surface area contributed by atoms with E-state index >= 15 is 0 Å². The fraction of sp³-hybridized carbons (Fsp3) is 0.786. The van der Waals surface area contributed by atoms with Gasteiger partial charge in [0.15, 0.2) is 0 Å². The Kier molecular flexibility index (Phi) is 3.60. The van der Waals surface area contributed by atoms with Gasteiger partial charge < -0.3 is 5.73 Å². The summed E-state index contributed by atoms with van der Waals surface area (Å²) in [5.74, 6) is 1.85. The second-order valence-electron chi connectivity index (χ2n) is 6.05. The normalized spacial score (nSPS) is 34.2. The zero-order valence-electron chi connectivity index (χ0n) is 11.4. The van der Waals surface area contributed by atoms with E-state index < -0.39 is 0 Å². The fourth-order valence-electron chi connectivity index (χ4n) is 2.75. The zero-order valence-corrected chi connectivity index (χ0v) is 12.2. The average Bonchev–Trinajstić information content (AvgIpc) is 2.74. The SMILES string of the molecule is CC1CCC(N)(c2nc(C(C)C)cs2)C(C)C1. The summed E-state index contributed by atoms with van der Waals surface area (Å²) in [6.07, 6.45) is 3.55. The highest BCUT2D eigenvalue weighted by Crippen LogP contribution is 2.43. The molecule has 1 aromatic rings. The molecule has 0 saturated heterocycles. The monoisotopic (exact) mass is 252 g/mol. The number of hydrogen-bond donors (Lipinski definition) is 1. The van der Waals surface area contributed by atoms with Crippen molar-refractivity contribution in [3.63, 3.8) is 0 Å². The van der Waals surface area contributed by atoms with Crippen LogP contribution in [0.5, 0.6) is 0 Å².